The van der Waals surface area contributed by atoms with Crippen molar-refractivity contribution in [2.75, 3.05) is 0 Å². The zero-order valence-electron chi connectivity index (χ0n) is 10.8. The van der Waals surface area contributed by atoms with Gasteiger partial charge in [0.1, 0.15) is 6.10 Å². The number of benzene rings is 2. The van der Waals surface area contributed by atoms with E-state index in [2.05, 4.69) is 18.2 Å². The van der Waals surface area contributed by atoms with Gasteiger partial charge < -0.3 is 4.74 Å². The number of ether oxygens (including phenoxy) is 1. The molecule has 2 aromatic rings. The van der Waals surface area contributed by atoms with Crippen LogP contribution in [-0.2, 0) is 17.8 Å². The molecule has 0 aliphatic heterocycles. The Hall–Kier alpha value is -2.11. The van der Waals surface area contributed by atoms with Crippen LogP contribution in [0.15, 0.2) is 60.7 Å². The largest absolute Gasteiger partial charge is 0.359 e. The highest BCUT2D eigenvalue weighted by Gasteiger charge is 2.08. The maximum atomic E-state index is 9.11. The second-order valence-electron chi connectivity index (χ2n) is 4.44. The molecule has 0 saturated heterocycles. The summed E-state index contributed by atoms with van der Waals surface area (Å²) in [5.41, 5.74) is 2.34. The van der Waals surface area contributed by atoms with Crippen molar-refractivity contribution in [3.05, 3.63) is 71.8 Å². The summed E-state index contributed by atoms with van der Waals surface area (Å²) in [7, 11) is 0. The number of hydrogen-bond donors (Lipinski definition) is 0. The average molecular weight is 251 g/mol. The molecule has 1 atom stereocenters. The molecule has 0 aliphatic rings. The van der Waals surface area contributed by atoms with E-state index in [1.807, 2.05) is 48.5 Å². The smallest absolute Gasteiger partial charge is 0.144 e. The van der Waals surface area contributed by atoms with Crippen LogP contribution >= 0.6 is 0 Å². The molecule has 0 fully saturated rings. The highest BCUT2D eigenvalue weighted by atomic mass is 16.5. The molecule has 2 nitrogen and oxygen atoms in total. The van der Waals surface area contributed by atoms with Gasteiger partial charge in [-0.25, -0.2) is 0 Å². The van der Waals surface area contributed by atoms with Crippen LogP contribution in [-0.4, -0.2) is 6.10 Å². The molecule has 0 amide bonds. The van der Waals surface area contributed by atoms with Gasteiger partial charge in [-0.3, -0.25) is 0 Å². The van der Waals surface area contributed by atoms with Crippen LogP contribution in [0.3, 0.4) is 0 Å². The van der Waals surface area contributed by atoms with Gasteiger partial charge in [0.05, 0.1) is 12.7 Å². The molecule has 1 unspecified atom stereocenters. The lowest BCUT2D eigenvalue weighted by molar-refractivity contribution is 0.0715. The summed E-state index contributed by atoms with van der Waals surface area (Å²) in [5.74, 6) is 0. The molecule has 2 rings (SSSR count). The van der Waals surface area contributed by atoms with E-state index in [1.165, 1.54) is 5.56 Å². The van der Waals surface area contributed by atoms with Crippen molar-refractivity contribution in [2.45, 2.75) is 25.6 Å². The zero-order valence-corrected chi connectivity index (χ0v) is 10.8. The molecule has 0 saturated carbocycles. The summed E-state index contributed by atoms with van der Waals surface area (Å²) in [4.78, 5) is 0. The van der Waals surface area contributed by atoms with Crippen molar-refractivity contribution in [1.82, 2.24) is 0 Å². The zero-order chi connectivity index (χ0) is 13.3. The quantitative estimate of drug-likeness (QED) is 0.783. The van der Waals surface area contributed by atoms with Crippen LogP contribution in [0.2, 0.25) is 0 Å². The van der Waals surface area contributed by atoms with E-state index >= 15 is 0 Å². The SMILES string of the molecule is N#CC(CCc1ccccc1)OCc1ccccc1. The third-order valence-electron chi connectivity index (χ3n) is 2.98. The summed E-state index contributed by atoms with van der Waals surface area (Å²) in [6.07, 6.45) is 1.25. The summed E-state index contributed by atoms with van der Waals surface area (Å²) in [6.45, 7) is 0.494. The van der Waals surface area contributed by atoms with Crippen LogP contribution in [0.5, 0.6) is 0 Å². The third-order valence-corrected chi connectivity index (χ3v) is 2.98. The van der Waals surface area contributed by atoms with Gasteiger partial charge in [-0.15, -0.1) is 0 Å². The van der Waals surface area contributed by atoms with Gasteiger partial charge in [0.15, 0.2) is 0 Å². The summed E-state index contributed by atoms with van der Waals surface area (Å²) < 4.78 is 5.64. The van der Waals surface area contributed by atoms with E-state index in [-0.39, 0.29) is 6.10 Å². The van der Waals surface area contributed by atoms with E-state index in [1.54, 1.807) is 0 Å². The lowest BCUT2D eigenvalue weighted by Gasteiger charge is -2.10. The van der Waals surface area contributed by atoms with Crippen molar-refractivity contribution < 1.29 is 4.74 Å². The Morgan fingerprint density at radius 3 is 2.05 bits per heavy atom. The number of aryl methyl sites for hydroxylation is 1. The lowest BCUT2D eigenvalue weighted by Crippen LogP contribution is -2.11. The Labute approximate surface area is 114 Å². The molecule has 2 aromatic carbocycles. The number of rotatable bonds is 6. The molecule has 19 heavy (non-hydrogen) atoms. The van der Waals surface area contributed by atoms with E-state index in [0.29, 0.717) is 6.61 Å². The first-order valence-corrected chi connectivity index (χ1v) is 6.47. The minimum absolute atomic E-state index is 0.347. The Bertz CT molecular complexity index is 472. The maximum absolute atomic E-state index is 9.11. The predicted molar refractivity (Wildman–Crippen MR) is 75.4 cm³/mol. The van der Waals surface area contributed by atoms with Gasteiger partial charge in [-0.2, -0.15) is 5.26 Å². The topological polar surface area (TPSA) is 33.0 Å². The van der Waals surface area contributed by atoms with Gasteiger partial charge in [-0.1, -0.05) is 60.7 Å². The Balaban J connectivity index is 1.80. The first-order chi connectivity index (χ1) is 9.38. The molecule has 0 radical (unpaired) electrons. The third kappa shape index (κ3) is 4.57. The lowest BCUT2D eigenvalue weighted by atomic mass is 10.1. The fraction of sp³-hybridized carbons (Fsp3) is 0.235. The number of hydrogen-bond acceptors (Lipinski definition) is 2. The molecular formula is C17H17NO. The van der Waals surface area contributed by atoms with Crippen molar-refractivity contribution in [1.29, 1.82) is 5.26 Å². The molecule has 0 spiro atoms. The van der Waals surface area contributed by atoms with E-state index < -0.39 is 0 Å². The van der Waals surface area contributed by atoms with Crippen molar-refractivity contribution in [3.8, 4) is 6.07 Å². The fourth-order valence-corrected chi connectivity index (χ4v) is 1.90. The first-order valence-electron chi connectivity index (χ1n) is 6.47. The Morgan fingerprint density at radius 1 is 0.895 bits per heavy atom. The number of nitrogens with zero attached hydrogens (tertiary/aromatic N) is 1. The van der Waals surface area contributed by atoms with Gasteiger partial charge in [0.25, 0.3) is 0 Å². The molecule has 0 N–H and O–H groups in total. The summed E-state index contributed by atoms with van der Waals surface area (Å²) in [5, 5.41) is 9.11. The number of nitriles is 1. The molecule has 0 aromatic heterocycles. The molecule has 0 aliphatic carbocycles. The fourth-order valence-electron chi connectivity index (χ4n) is 1.90. The average Bonchev–Trinajstić information content (AvgIpc) is 2.49. The first kappa shape index (κ1) is 13.3. The normalized spacial score (nSPS) is 11.7. The van der Waals surface area contributed by atoms with Gasteiger partial charge in [0.2, 0.25) is 0 Å². The maximum Gasteiger partial charge on any atom is 0.144 e. The van der Waals surface area contributed by atoms with E-state index in [4.69, 9.17) is 10.00 Å². The minimum atomic E-state index is -0.347. The molecule has 0 bridgehead atoms. The van der Waals surface area contributed by atoms with Gasteiger partial charge in [-0.05, 0) is 24.0 Å². The van der Waals surface area contributed by atoms with Crippen molar-refractivity contribution >= 4 is 0 Å². The van der Waals surface area contributed by atoms with Crippen LogP contribution in [0.25, 0.3) is 0 Å². The van der Waals surface area contributed by atoms with Crippen LogP contribution in [0.1, 0.15) is 17.5 Å². The van der Waals surface area contributed by atoms with Gasteiger partial charge >= 0.3 is 0 Å². The minimum Gasteiger partial charge on any atom is -0.359 e. The molecule has 96 valence electrons. The van der Waals surface area contributed by atoms with E-state index in [0.717, 1.165) is 18.4 Å². The van der Waals surface area contributed by atoms with Crippen molar-refractivity contribution in [3.63, 3.8) is 0 Å². The highest BCUT2D eigenvalue weighted by Crippen LogP contribution is 2.09. The van der Waals surface area contributed by atoms with Crippen molar-refractivity contribution in [2.24, 2.45) is 0 Å². The monoisotopic (exact) mass is 251 g/mol. The molecule has 0 heterocycles. The van der Waals surface area contributed by atoms with Crippen LogP contribution in [0.4, 0.5) is 0 Å². The van der Waals surface area contributed by atoms with E-state index in [9.17, 15) is 0 Å². The second-order valence-corrected chi connectivity index (χ2v) is 4.44. The van der Waals surface area contributed by atoms with Crippen LogP contribution in [0, 0.1) is 11.3 Å². The van der Waals surface area contributed by atoms with Gasteiger partial charge in [0, 0.05) is 0 Å². The summed E-state index contributed by atoms with van der Waals surface area (Å²) in [6, 6.07) is 22.3. The molecular weight excluding hydrogens is 234 g/mol. The Kier molecular flexibility index (Phi) is 5.16. The summed E-state index contributed by atoms with van der Waals surface area (Å²) >= 11 is 0. The second kappa shape index (κ2) is 7.35. The molecule has 2 heteroatoms. The Morgan fingerprint density at radius 2 is 1.47 bits per heavy atom. The highest BCUT2D eigenvalue weighted by molar-refractivity contribution is 5.15. The predicted octanol–water partition coefficient (Wildman–Crippen LogP) is 3.73. The standard InChI is InChI=1S/C17H17NO/c18-13-17(12-11-15-7-3-1-4-8-15)19-14-16-9-5-2-6-10-16/h1-10,17H,11-12,14H2. The van der Waals surface area contributed by atoms with Crippen LogP contribution < -0.4 is 0 Å².